The summed E-state index contributed by atoms with van der Waals surface area (Å²) in [6, 6.07) is 8.89. The first kappa shape index (κ1) is 18.8. The molecule has 0 unspecified atom stereocenters. The lowest BCUT2D eigenvalue weighted by molar-refractivity contribution is -0.113. The van der Waals surface area contributed by atoms with E-state index >= 15 is 0 Å². The molecule has 0 spiro atoms. The van der Waals surface area contributed by atoms with Crippen molar-refractivity contribution in [3.05, 3.63) is 65.7 Å². The highest BCUT2D eigenvalue weighted by Gasteiger charge is 2.26. The Hall–Kier alpha value is -2.95. The summed E-state index contributed by atoms with van der Waals surface area (Å²) in [7, 11) is 0. The van der Waals surface area contributed by atoms with Gasteiger partial charge < -0.3 is 5.32 Å². The van der Waals surface area contributed by atoms with E-state index in [1.807, 2.05) is 0 Å². The Morgan fingerprint density at radius 1 is 0.963 bits per heavy atom. The maximum absolute atomic E-state index is 13.6. The Kier molecular flexibility index (Phi) is 5.40. The van der Waals surface area contributed by atoms with Crippen LogP contribution in [0.2, 0.25) is 0 Å². The van der Waals surface area contributed by atoms with E-state index < -0.39 is 46.4 Å². The Morgan fingerprint density at radius 3 is 2.19 bits per heavy atom. The number of amides is 1. The maximum atomic E-state index is 13.6. The predicted octanol–water partition coefficient (Wildman–Crippen LogP) is 3.69. The first-order chi connectivity index (χ1) is 12.9. The molecule has 3 aromatic rings. The molecule has 0 saturated carbocycles. The summed E-state index contributed by atoms with van der Waals surface area (Å²) >= 11 is 0.870. The zero-order valence-electron chi connectivity index (χ0n) is 13.2. The first-order valence-electron chi connectivity index (χ1n) is 7.29. The molecule has 5 nitrogen and oxygen atoms in total. The van der Waals surface area contributed by atoms with Crippen LogP contribution in [0.3, 0.4) is 0 Å². The number of halogens is 5. The van der Waals surface area contributed by atoms with Crippen molar-refractivity contribution in [2.24, 2.45) is 0 Å². The number of carbonyl (C=O) groups excluding carboxylic acids is 1. The summed E-state index contributed by atoms with van der Waals surface area (Å²) in [5.41, 5.74) is -0.688. The van der Waals surface area contributed by atoms with E-state index in [9.17, 15) is 26.7 Å². The lowest BCUT2D eigenvalue weighted by Crippen LogP contribution is -2.18. The number of benzene rings is 2. The largest absolute Gasteiger partial charge is 0.320 e. The van der Waals surface area contributed by atoms with E-state index in [0.717, 1.165) is 11.8 Å². The zero-order chi connectivity index (χ0) is 19.6. The molecule has 0 aliphatic carbocycles. The lowest BCUT2D eigenvalue weighted by atomic mass is 10.2. The van der Waals surface area contributed by atoms with Crippen molar-refractivity contribution < 1.29 is 26.7 Å². The van der Waals surface area contributed by atoms with Crippen LogP contribution in [0.5, 0.6) is 0 Å². The van der Waals surface area contributed by atoms with Crippen LogP contribution in [-0.4, -0.2) is 26.4 Å². The van der Waals surface area contributed by atoms with Crippen molar-refractivity contribution in [1.82, 2.24) is 14.8 Å². The monoisotopic (exact) mass is 400 g/mol. The second kappa shape index (κ2) is 7.74. The molecular formula is C16H9F5N4OS. The normalized spacial score (nSPS) is 10.9. The van der Waals surface area contributed by atoms with Gasteiger partial charge >= 0.3 is 0 Å². The molecule has 1 N–H and O–H groups in total. The van der Waals surface area contributed by atoms with Gasteiger partial charge in [-0.2, -0.15) is 0 Å². The van der Waals surface area contributed by atoms with Gasteiger partial charge in [-0.15, -0.1) is 10.2 Å². The van der Waals surface area contributed by atoms with Gasteiger partial charge in [0.15, 0.2) is 28.4 Å². The van der Waals surface area contributed by atoms with Crippen molar-refractivity contribution in [3.8, 4) is 5.69 Å². The van der Waals surface area contributed by atoms with Crippen LogP contribution < -0.4 is 5.32 Å². The van der Waals surface area contributed by atoms with Gasteiger partial charge in [-0.3, -0.25) is 9.36 Å². The SMILES string of the molecule is O=C(CSc1nncn1-c1ccccc1)Nc1c(F)c(F)c(F)c(F)c1F. The number of carbonyl (C=O) groups is 1. The van der Waals surface area contributed by atoms with Crippen LogP contribution in [0.15, 0.2) is 41.8 Å². The van der Waals surface area contributed by atoms with Crippen molar-refractivity contribution >= 4 is 23.4 Å². The van der Waals surface area contributed by atoms with Crippen LogP contribution in [0.25, 0.3) is 5.69 Å². The molecule has 0 radical (unpaired) electrons. The standard InChI is InChI=1S/C16H9F5N4OS/c17-10-11(18)13(20)15(14(21)12(10)19)23-9(26)6-27-16-24-22-7-25(16)8-4-2-1-3-5-8/h1-5,7H,6H2,(H,23,26). The van der Waals surface area contributed by atoms with Crippen molar-refractivity contribution in [3.63, 3.8) is 0 Å². The number of nitrogens with one attached hydrogen (secondary N) is 1. The lowest BCUT2D eigenvalue weighted by Gasteiger charge is -2.10. The van der Waals surface area contributed by atoms with E-state index in [2.05, 4.69) is 10.2 Å². The third kappa shape index (κ3) is 3.77. The number of anilines is 1. The molecule has 140 valence electrons. The summed E-state index contributed by atoms with van der Waals surface area (Å²) in [4.78, 5) is 11.9. The second-order valence-corrected chi connectivity index (χ2v) is 6.04. The molecule has 0 aliphatic heterocycles. The molecule has 2 aromatic carbocycles. The van der Waals surface area contributed by atoms with Crippen LogP contribution >= 0.6 is 11.8 Å². The van der Waals surface area contributed by atoms with Gasteiger partial charge in [-0.05, 0) is 12.1 Å². The molecule has 0 fully saturated rings. The van der Waals surface area contributed by atoms with Crippen LogP contribution in [0.1, 0.15) is 0 Å². The van der Waals surface area contributed by atoms with Crippen LogP contribution in [0.4, 0.5) is 27.6 Å². The molecular weight excluding hydrogens is 391 g/mol. The molecule has 1 aromatic heterocycles. The zero-order valence-corrected chi connectivity index (χ0v) is 14.0. The van der Waals surface area contributed by atoms with Gasteiger partial charge in [0.1, 0.15) is 12.0 Å². The Balaban J connectivity index is 1.73. The highest BCUT2D eigenvalue weighted by atomic mass is 32.2. The first-order valence-corrected chi connectivity index (χ1v) is 8.28. The third-order valence-electron chi connectivity index (χ3n) is 3.36. The Bertz CT molecular complexity index is 967. The van der Waals surface area contributed by atoms with E-state index in [4.69, 9.17) is 0 Å². The molecule has 3 rings (SSSR count). The van der Waals surface area contributed by atoms with Gasteiger partial charge in [0.2, 0.25) is 11.7 Å². The fourth-order valence-corrected chi connectivity index (χ4v) is 2.84. The van der Waals surface area contributed by atoms with Gasteiger partial charge in [0, 0.05) is 5.69 Å². The van der Waals surface area contributed by atoms with Crippen LogP contribution in [-0.2, 0) is 4.79 Å². The summed E-state index contributed by atoms with van der Waals surface area (Å²) in [6.07, 6.45) is 1.40. The van der Waals surface area contributed by atoms with Gasteiger partial charge in [0.05, 0.1) is 5.75 Å². The van der Waals surface area contributed by atoms with Crippen LogP contribution in [0, 0.1) is 29.1 Å². The second-order valence-electron chi connectivity index (χ2n) is 5.10. The Morgan fingerprint density at radius 2 is 1.56 bits per heavy atom. The van der Waals surface area contributed by atoms with Gasteiger partial charge in [-0.25, -0.2) is 22.0 Å². The fraction of sp³-hybridized carbons (Fsp3) is 0.0625. The smallest absolute Gasteiger partial charge is 0.235 e. The van der Waals surface area contributed by atoms with Gasteiger partial charge in [0.25, 0.3) is 0 Å². The van der Waals surface area contributed by atoms with E-state index in [0.29, 0.717) is 10.8 Å². The van der Waals surface area contributed by atoms with Crippen molar-refractivity contribution in [2.75, 3.05) is 11.1 Å². The molecule has 0 saturated heterocycles. The summed E-state index contributed by atoms with van der Waals surface area (Å²) in [6.45, 7) is 0. The number of nitrogens with zero attached hydrogens (tertiary/aromatic N) is 3. The number of aromatic nitrogens is 3. The molecule has 0 aliphatic rings. The highest BCUT2D eigenvalue weighted by molar-refractivity contribution is 7.99. The predicted molar refractivity (Wildman–Crippen MR) is 86.9 cm³/mol. The number of thioether (sulfide) groups is 1. The minimum Gasteiger partial charge on any atom is -0.320 e. The number of hydrogen-bond donors (Lipinski definition) is 1. The van der Waals surface area contributed by atoms with Crippen molar-refractivity contribution in [2.45, 2.75) is 5.16 Å². The summed E-state index contributed by atoms with van der Waals surface area (Å²) in [5.74, 6) is -12.2. The summed E-state index contributed by atoms with van der Waals surface area (Å²) in [5, 5.41) is 9.54. The molecule has 27 heavy (non-hydrogen) atoms. The highest BCUT2D eigenvalue weighted by Crippen LogP contribution is 2.27. The molecule has 1 heterocycles. The Labute approximate surface area is 153 Å². The quantitative estimate of drug-likeness (QED) is 0.307. The molecule has 0 atom stereocenters. The number of rotatable bonds is 5. The number of hydrogen-bond acceptors (Lipinski definition) is 4. The average molecular weight is 400 g/mol. The maximum Gasteiger partial charge on any atom is 0.235 e. The van der Waals surface area contributed by atoms with E-state index in [1.165, 1.54) is 6.33 Å². The van der Waals surface area contributed by atoms with Gasteiger partial charge in [-0.1, -0.05) is 30.0 Å². The fourth-order valence-electron chi connectivity index (χ4n) is 2.11. The van der Waals surface area contributed by atoms with E-state index in [-0.39, 0.29) is 0 Å². The minimum atomic E-state index is -2.30. The number of para-hydroxylation sites is 1. The van der Waals surface area contributed by atoms with Crippen molar-refractivity contribution in [1.29, 1.82) is 0 Å². The minimum absolute atomic E-state index is 0.300. The molecule has 11 heteroatoms. The average Bonchev–Trinajstić information content (AvgIpc) is 3.16. The topological polar surface area (TPSA) is 59.8 Å². The summed E-state index contributed by atoms with van der Waals surface area (Å²) < 4.78 is 68.1. The molecule has 1 amide bonds. The molecule has 0 bridgehead atoms. The third-order valence-corrected chi connectivity index (χ3v) is 4.30. The van der Waals surface area contributed by atoms with E-state index in [1.54, 1.807) is 40.2 Å².